The number of nitriles is 2. The zero-order chi connectivity index (χ0) is 36.5. The Morgan fingerprint density at radius 1 is 0.894 bits per heavy atom. The Hall–Kier alpha value is -4.82. The van der Waals surface area contributed by atoms with E-state index in [1.54, 1.807) is 34.3 Å². The normalized spacial score (nSPS) is 13.4. The number of benzene rings is 2. The fourth-order valence-electron chi connectivity index (χ4n) is 3.35. The van der Waals surface area contributed by atoms with E-state index in [9.17, 15) is 23.2 Å². The van der Waals surface area contributed by atoms with Crippen LogP contribution in [0.2, 0.25) is 19.6 Å². The average Bonchev–Trinajstić information content (AvgIpc) is 2.93. The van der Waals surface area contributed by atoms with E-state index in [4.69, 9.17) is 26.2 Å². The maximum Gasteiger partial charge on any atom is 0.300 e. The number of amides is 2. The Bertz CT molecular complexity index is 1470. The molecule has 0 unspecified atom stereocenters. The highest BCUT2D eigenvalue weighted by Crippen LogP contribution is 2.35. The number of hydrogen-bond donors (Lipinski definition) is 3. The van der Waals surface area contributed by atoms with Gasteiger partial charge in [-0.1, -0.05) is 19.6 Å². The van der Waals surface area contributed by atoms with Gasteiger partial charge in [0.25, 0.3) is 17.8 Å². The lowest BCUT2D eigenvalue weighted by Crippen LogP contribution is -2.43. The molecule has 2 aromatic rings. The van der Waals surface area contributed by atoms with Gasteiger partial charge in [-0.2, -0.15) is 5.26 Å². The first-order valence-corrected chi connectivity index (χ1v) is 18.3. The molecule has 2 fully saturated rings. The summed E-state index contributed by atoms with van der Waals surface area (Å²) in [4.78, 5) is 44.6. The van der Waals surface area contributed by atoms with Crippen LogP contribution in [0.4, 0.5) is 20.2 Å². The number of nitrogens with two attached hydrogens (primary N) is 1. The van der Waals surface area contributed by atoms with Crippen LogP contribution in [0, 0.1) is 33.9 Å². The maximum atomic E-state index is 13.9. The van der Waals surface area contributed by atoms with Crippen molar-refractivity contribution in [3.8, 4) is 11.8 Å². The first-order chi connectivity index (χ1) is 21.7. The summed E-state index contributed by atoms with van der Waals surface area (Å²) in [5.41, 5.74) is 7.94. The van der Waals surface area contributed by atoms with Crippen LogP contribution in [0.15, 0.2) is 36.4 Å². The van der Waals surface area contributed by atoms with E-state index >= 15 is 0 Å². The summed E-state index contributed by atoms with van der Waals surface area (Å²) in [5, 5.41) is 27.8. The van der Waals surface area contributed by atoms with Crippen LogP contribution in [0.3, 0.4) is 0 Å². The lowest BCUT2D eigenvalue weighted by molar-refractivity contribution is -0.134. The second-order valence-corrected chi connectivity index (χ2v) is 17.0. The summed E-state index contributed by atoms with van der Waals surface area (Å²) in [6.07, 6.45) is 5.37. The molecule has 2 aromatic carbocycles. The van der Waals surface area contributed by atoms with Gasteiger partial charge in [0.2, 0.25) is 0 Å². The Balaban J connectivity index is 0.000000647. The SMILES string of the molecule is CC(=O)O.CN(C)C(=O)c1ccc(N)cc1F.CN(C)C(=O)c1ccc(NC2(C#N)CCC2)cc1F.C[Si](C)(C)C#N.O=C1CCC1. The second-order valence-electron chi connectivity index (χ2n) is 12.3. The summed E-state index contributed by atoms with van der Waals surface area (Å²) < 4.78 is 27.0. The molecule has 0 aliphatic heterocycles. The number of anilines is 2. The van der Waals surface area contributed by atoms with E-state index in [0.717, 1.165) is 51.5 Å². The fraction of sp³-hybridized carbons (Fsp3) is 0.455. The Labute approximate surface area is 277 Å². The number of nitrogens with one attached hydrogen (secondary N) is 1. The van der Waals surface area contributed by atoms with Gasteiger partial charge in [0.15, 0.2) is 8.07 Å². The topological polar surface area (TPSA) is 181 Å². The van der Waals surface area contributed by atoms with Gasteiger partial charge in [-0.15, -0.1) is 0 Å². The molecule has 0 atom stereocenters. The van der Waals surface area contributed by atoms with E-state index in [2.05, 4.69) is 17.1 Å². The third-order valence-electron chi connectivity index (χ3n) is 6.29. The molecule has 256 valence electrons. The summed E-state index contributed by atoms with van der Waals surface area (Å²) in [7, 11) is 4.96. The number of Topliss-reactive ketones (excluding diaryl/α,β-unsaturated/α-hetero) is 1. The molecule has 0 bridgehead atoms. The van der Waals surface area contributed by atoms with Crippen molar-refractivity contribution in [1.29, 1.82) is 10.5 Å². The first-order valence-electron chi connectivity index (χ1n) is 14.8. The van der Waals surface area contributed by atoms with Crippen LogP contribution in [-0.4, -0.2) is 80.3 Å². The van der Waals surface area contributed by atoms with E-state index in [1.165, 1.54) is 34.1 Å². The second kappa shape index (κ2) is 19.6. The van der Waals surface area contributed by atoms with Gasteiger partial charge >= 0.3 is 0 Å². The average molecular weight is 673 g/mol. The van der Waals surface area contributed by atoms with Crippen molar-refractivity contribution in [3.05, 3.63) is 59.2 Å². The quantitative estimate of drug-likeness (QED) is 0.271. The molecule has 14 heteroatoms. The molecule has 2 amide bonds. The van der Waals surface area contributed by atoms with Gasteiger partial charge in [0.1, 0.15) is 23.0 Å². The molecule has 2 aliphatic carbocycles. The number of aliphatic carboxylic acids is 1. The van der Waals surface area contributed by atoms with Crippen molar-refractivity contribution in [3.63, 3.8) is 0 Å². The summed E-state index contributed by atoms with van der Waals surface area (Å²) in [6, 6.07) is 10.6. The first kappa shape index (κ1) is 42.2. The van der Waals surface area contributed by atoms with Crippen LogP contribution in [0.25, 0.3) is 0 Å². The van der Waals surface area contributed by atoms with Crippen LogP contribution in [0.1, 0.15) is 66.2 Å². The molecule has 4 rings (SSSR count). The molecular weight excluding hydrogens is 626 g/mol. The number of hydrogen-bond acceptors (Lipinski definition) is 8. The molecule has 0 radical (unpaired) electrons. The number of ketones is 1. The van der Waals surface area contributed by atoms with E-state index in [-0.39, 0.29) is 22.9 Å². The van der Waals surface area contributed by atoms with E-state index in [1.807, 2.05) is 19.6 Å². The molecule has 0 heterocycles. The molecule has 0 aromatic heterocycles. The highest BCUT2D eigenvalue weighted by molar-refractivity contribution is 6.83. The standard InChI is InChI=1S/C14H16FN3O.C9H11FN2O.C4H9NSi.C4H6O.C2H4O2/c1-18(2)13(19)11-5-4-10(8-12(11)15)17-14(9-16)6-3-7-14;1-12(2)9(13)7-4-3-6(11)5-8(7)10;1-6(2,3)4-5;5-4-2-1-3-4;1-2(3)4/h4-5,8,17H,3,6-7H2,1-2H3;3-5H,11H2,1-2H3;1-3H3;1-3H2;1H3,(H,3,4). The third-order valence-corrected chi connectivity index (χ3v) is 6.96. The smallest absolute Gasteiger partial charge is 0.300 e. The highest BCUT2D eigenvalue weighted by Gasteiger charge is 2.37. The number of carboxylic acid groups (broad SMARTS) is 1. The molecule has 47 heavy (non-hydrogen) atoms. The predicted octanol–water partition coefficient (Wildman–Crippen LogP) is 5.71. The Kier molecular flexibility index (Phi) is 17.6. The fourth-order valence-corrected chi connectivity index (χ4v) is 3.35. The van der Waals surface area contributed by atoms with E-state index < -0.39 is 31.2 Å². The van der Waals surface area contributed by atoms with Crippen molar-refractivity contribution in [2.75, 3.05) is 39.2 Å². The van der Waals surface area contributed by atoms with Crippen molar-refractivity contribution < 1.29 is 33.1 Å². The minimum Gasteiger partial charge on any atom is -0.481 e. The number of halogens is 2. The minimum atomic E-state index is -1.33. The number of nitrogen functional groups attached to an aromatic ring is 1. The van der Waals surface area contributed by atoms with E-state index in [0.29, 0.717) is 17.2 Å². The van der Waals surface area contributed by atoms with Crippen molar-refractivity contribution in [2.24, 2.45) is 0 Å². The Morgan fingerprint density at radius 2 is 1.30 bits per heavy atom. The molecule has 2 aliphatic rings. The number of carboxylic acids is 1. The number of nitrogens with zero attached hydrogens (tertiary/aromatic N) is 4. The number of rotatable bonds is 4. The van der Waals surface area contributed by atoms with Gasteiger partial charge in [-0.05, 0) is 62.1 Å². The van der Waals surface area contributed by atoms with Crippen LogP contribution < -0.4 is 11.1 Å². The minimum absolute atomic E-state index is 0.0372. The molecular formula is C33H46F2N6O5Si. The summed E-state index contributed by atoms with van der Waals surface area (Å²) in [6.45, 7) is 7.15. The van der Waals surface area contributed by atoms with Gasteiger partial charge in [0, 0.05) is 65.0 Å². The van der Waals surface area contributed by atoms with Crippen molar-refractivity contribution >= 4 is 43.0 Å². The van der Waals surface area contributed by atoms with Crippen LogP contribution >= 0.6 is 0 Å². The van der Waals surface area contributed by atoms with Crippen LogP contribution in [0.5, 0.6) is 0 Å². The van der Waals surface area contributed by atoms with Crippen molar-refractivity contribution in [1.82, 2.24) is 9.80 Å². The zero-order valence-electron chi connectivity index (χ0n) is 28.4. The third kappa shape index (κ3) is 16.3. The lowest BCUT2D eigenvalue weighted by atomic mass is 9.78. The van der Waals surface area contributed by atoms with Crippen molar-refractivity contribution in [2.45, 2.75) is 70.6 Å². The summed E-state index contributed by atoms with van der Waals surface area (Å²) in [5.74, 6) is -2.29. The Morgan fingerprint density at radius 3 is 1.55 bits per heavy atom. The maximum absolute atomic E-state index is 13.9. The molecule has 2 saturated carbocycles. The van der Waals surface area contributed by atoms with Gasteiger partial charge in [-0.25, -0.2) is 14.0 Å². The highest BCUT2D eigenvalue weighted by atomic mass is 28.3. The van der Waals surface area contributed by atoms with Gasteiger partial charge in [0.05, 0.1) is 17.2 Å². The number of carbonyl (C=O) groups is 4. The monoisotopic (exact) mass is 672 g/mol. The molecule has 4 N–H and O–H groups in total. The number of carbonyl (C=O) groups excluding carboxylic acids is 3. The predicted molar refractivity (Wildman–Crippen MR) is 180 cm³/mol. The molecule has 0 saturated heterocycles. The van der Waals surface area contributed by atoms with Crippen LogP contribution in [-0.2, 0) is 9.59 Å². The lowest BCUT2D eigenvalue weighted by Gasteiger charge is -2.36. The summed E-state index contributed by atoms with van der Waals surface area (Å²) >= 11 is 0. The molecule has 0 spiro atoms. The largest absolute Gasteiger partial charge is 0.481 e. The zero-order valence-corrected chi connectivity index (χ0v) is 29.4. The van der Waals surface area contributed by atoms with Gasteiger partial charge < -0.3 is 26.0 Å². The molecule has 11 nitrogen and oxygen atoms in total. The van der Waals surface area contributed by atoms with Gasteiger partial charge in [-0.3, -0.25) is 19.2 Å².